The molecule has 0 unspecified atom stereocenters. The van der Waals surface area contributed by atoms with Gasteiger partial charge in [-0.15, -0.1) is 0 Å². The molecule has 0 aliphatic rings. The van der Waals surface area contributed by atoms with Crippen molar-refractivity contribution in [2.45, 2.75) is 38.5 Å². The van der Waals surface area contributed by atoms with Gasteiger partial charge in [-0.05, 0) is 45.4 Å². The highest BCUT2D eigenvalue weighted by Gasteiger charge is 2.28. The highest BCUT2D eigenvalue weighted by molar-refractivity contribution is 7.92. The predicted octanol–water partition coefficient (Wildman–Crippen LogP) is 1.20. The third-order valence-electron chi connectivity index (χ3n) is 2.80. The second-order valence-corrected chi connectivity index (χ2v) is 8.09. The van der Waals surface area contributed by atoms with E-state index in [-0.39, 0.29) is 5.75 Å². The average Bonchev–Trinajstić information content (AvgIpc) is 2.62. The van der Waals surface area contributed by atoms with E-state index in [4.69, 9.17) is 5.73 Å². The van der Waals surface area contributed by atoms with Crippen LogP contribution in [0.15, 0.2) is 18.5 Å². The largest absolute Gasteiger partial charge is 0.353 e. The Bertz CT molecular complexity index is 455. The third kappa shape index (κ3) is 3.85. The number of aryl methyl sites for hydroxylation is 1. The Kier molecular flexibility index (Phi) is 4.38. The molecule has 0 fully saturated rings. The maximum absolute atomic E-state index is 11.9. The van der Waals surface area contributed by atoms with Gasteiger partial charge in [-0.2, -0.15) is 0 Å². The van der Waals surface area contributed by atoms with Crippen molar-refractivity contribution in [3.8, 4) is 0 Å². The van der Waals surface area contributed by atoms with E-state index in [0.29, 0.717) is 13.1 Å². The van der Waals surface area contributed by atoms with Crippen LogP contribution in [0.5, 0.6) is 0 Å². The Morgan fingerprint density at radius 2 is 2.00 bits per heavy atom. The number of hydrogen-bond acceptors (Lipinski definition) is 3. The van der Waals surface area contributed by atoms with E-state index in [1.54, 1.807) is 20.8 Å². The van der Waals surface area contributed by atoms with Gasteiger partial charge in [0.2, 0.25) is 0 Å². The van der Waals surface area contributed by atoms with Crippen molar-refractivity contribution in [3.05, 3.63) is 24.0 Å². The van der Waals surface area contributed by atoms with Crippen LogP contribution in [0.25, 0.3) is 0 Å². The standard InChI is InChI=1S/C12H22N2O2S/c1-12(2,3)17(15,16)9-8-14-7-5-11(10-14)4-6-13/h5,7,10H,4,6,8-9,13H2,1-3H3. The molecule has 98 valence electrons. The van der Waals surface area contributed by atoms with Crippen molar-refractivity contribution in [1.82, 2.24) is 4.57 Å². The molecule has 2 N–H and O–H groups in total. The molecular weight excluding hydrogens is 236 g/mol. The van der Waals surface area contributed by atoms with Crippen molar-refractivity contribution in [1.29, 1.82) is 0 Å². The number of aromatic nitrogens is 1. The van der Waals surface area contributed by atoms with E-state index in [0.717, 1.165) is 12.0 Å². The van der Waals surface area contributed by atoms with Gasteiger partial charge in [0.15, 0.2) is 9.84 Å². The molecule has 0 aromatic carbocycles. The van der Waals surface area contributed by atoms with Gasteiger partial charge in [0.1, 0.15) is 0 Å². The fraction of sp³-hybridized carbons (Fsp3) is 0.667. The zero-order valence-electron chi connectivity index (χ0n) is 10.8. The van der Waals surface area contributed by atoms with Crippen LogP contribution in [0.2, 0.25) is 0 Å². The lowest BCUT2D eigenvalue weighted by molar-refractivity contribution is 0.554. The number of nitrogens with zero attached hydrogens (tertiary/aromatic N) is 1. The van der Waals surface area contributed by atoms with Gasteiger partial charge in [0.25, 0.3) is 0 Å². The van der Waals surface area contributed by atoms with Crippen LogP contribution in [0, 0.1) is 0 Å². The summed E-state index contributed by atoms with van der Waals surface area (Å²) in [6, 6.07) is 1.98. The topological polar surface area (TPSA) is 65.1 Å². The van der Waals surface area contributed by atoms with Crippen LogP contribution in [0.3, 0.4) is 0 Å². The van der Waals surface area contributed by atoms with E-state index in [1.165, 1.54) is 0 Å². The average molecular weight is 258 g/mol. The Morgan fingerprint density at radius 3 is 2.53 bits per heavy atom. The van der Waals surface area contributed by atoms with Gasteiger partial charge in [0, 0.05) is 18.9 Å². The fourth-order valence-electron chi connectivity index (χ4n) is 1.48. The lowest BCUT2D eigenvalue weighted by Gasteiger charge is -2.19. The van der Waals surface area contributed by atoms with Crippen LogP contribution in [0.1, 0.15) is 26.3 Å². The summed E-state index contributed by atoms with van der Waals surface area (Å²) >= 11 is 0. The monoisotopic (exact) mass is 258 g/mol. The van der Waals surface area contributed by atoms with Crippen molar-refractivity contribution in [3.63, 3.8) is 0 Å². The zero-order valence-corrected chi connectivity index (χ0v) is 11.6. The molecule has 0 radical (unpaired) electrons. The van der Waals surface area contributed by atoms with E-state index < -0.39 is 14.6 Å². The van der Waals surface area contributed by atoms with Crippen LogP contribution < -0.4 is 5.73 Å². The molecular formula is C12H22N2O2S. The Labute approximate surface area is 104 Å². The summed E-state index contributed by atoms with van der Waals surface area (Å²) in [7, 11) is -3.04. The van der Waals surface area contributed by atoms with Crippen molar-refractivity contribution in [2.75, 3.05) is 12.3 Å². The third-order valence-corrected chi connectivity index (χ3v) is 5.38. The zero-order chi connectivity index (χ0) is 13.1. The van der Waals surface area contributed by atoms with Gasteiger partial charge < -0.3 is 10.3 Å². The van der Waals surface area contributed by atoms with Crippen LogP contribution in [-0.2, 0) is 22.8 Å². The normalized spacial score (nSPS) is 12.9. The lowest BCUT2D eigenvalue weighted by Crippen LogP contribution is -2.31. The second-order valence-electron chi connectivity index (χ2n) is 5.23. The van der Waals surface area contributed by atoms with E-state index >= 15 is 0 Å². The van der Waals surface area contributed by atoms with Crippen LogP contribution >= 0.6 is 0 Å². The SMILES string of the molecule is CC(C)(C)S(=O)(=O)CCn1ccc(CCN)c1. The summed E-state index contributed by atoms with van der Waals surface area (Å²) in [6.07, 6.45) is 4.70. The highest BCUT2D eigenvalue weighted by Crippen LogP contribution is 2.16. The van der Waals surface area contributed by atoms with Gasteiger partial charge in [0.05, 0.1) is 10.5 Å². The number of rotatable bonds is 5. The molecule has 5 heteroatoms. The minimum atomic E-state index is -3.04. The molecule has 4 nitrogen and oxygen atoms in total. The minimum Gasteiger partial charge on any atom is -0.353 e. The van der Waals surface area contributed by atoms with Crippen LogP contribution in [-0.4, -0.2) is 30.0 Å². The first-order valence-electron chi connectivity index (χ1n) is 5.83. The summed E-state index contributed by atoms with van der Waals surface area (Å²) in [4.78, 5) is 0. The number of hydrogen-bond donors (Lipinski definition) is 1. The van der Waals surface area contributed by atoms with Crippen LogP contribution in [0.4, 0.5) is 0 Å². The highest BCUT2D eigenvalue weighted by atomic mass is 32.2. The van der Waals surface area contributed by atoms with Crippen molar-refractivity contribution in [2.24, 2.45) is 5.73 Å². The van der Waals surface area contributed by atoms with Gasteiger partial charge >= 0.3 is 0 Å². The molecule has 0 bridgehead atoms. The van der Waals surface area contributed by atoms with Crippen molar-refractivity contribution >= 4 is 9.84 Å². The molecule has 0 atom stereocenters. The molecule has 0 aliphatic carbocycles. The smallest absolute Gasteiger partial charge is 0.156 e. The molecule has 1 rings (SSSR count). The van der Waals surface area contributed by atoms with Gasteiger partial charge in [-0.3, -0.25) is 0 Å². The first kappa shape index (κ1) is 14.3. The molecule has 1 heterocycles. The lowest BCUT2D eigenvalue weighted by atomic mass is 10.2. The van der Waals surface area contributed by atoms with Crippen molar-refractivity contribution < 1.29 is 8.42 Å². The van der Waals surface area contributed by atoms with Gasteiger partial charge in [-0.1, -0.05) is 0 Å². The second kappa shape index (κ2) is 5.23. The Hall–Kier alpha value is -0.810. The summed E-state index contributed by atoms with van der Waals surface area (Å²) in [5, 5.41) is 0. The molecule has 1 aromatic heterocycles. The molecule has 1 aromatic rings. The Morgan fingerprint density at radius 1 is 1.35 bits per heavy atom. The Balaban J connectivity index is 2.62. The molecule has 0 saturated carbocycles. The first-order chi connectivity index (χ1) is 7.76. The van der Waals surface area contributed by atoms with E-state index in [1.807, 2.05) is 23.0 Å². The quantitative estimate of drug-likeness (QED) is 0.863. The molecule has 0 aliphatic heterocycles. The molecule has 17 heavy (non-hydrogen) atoms. The van der Waals surface area contributed by atoms with E-state index in [2.05, 4.69) is 0 Å². The fourth-order valence-corrected chi connectivity index (χ4v) is 2.54. The summed E-state index contributed by atoms with van der Waals surface area (Å²) in [5.41, 5.74) is 6.62. The molecule has 0 amide bonds. The maximum Gasteiger partial charge on any atom is 0.156 e. The first-order valence-corrected chi connectivity index (χ1v) is 7.48. The predicted molar refractivity (Wildman–Crippen MR) is 70.7 cm³/mol. The summed E-state index contributed by atoms with van der Waals surface area (Å²) in [5.74, 6) is 0.174. The summed E-state index contributed by atoms with van der Waals surface area (Å²) in [6.45, 7) is 6.32. The number of nitrogens with two attached hydrogens (primary N) is 1. The molecule has 0 saturated heterocycles. The number of sulfone groups is 1. The van der Waals surface area contributed by atoms with Gasteiger partial charge in [-0.25, -0.2) is 8.42 Å². The summed E-state index contributed by atoms with van der Waals surface area (Å²) < 4.78 is 25.1. The maximum atomic E-state index is 11.9. The minimum absolute atomic E-state index is 0.174. The van der Waals surface area contributed by atoms with E-state index in [9.17, 15) is 8.42 Å². The molecule has 0 spiro atoms.